The quantitative estimate of drug-likeness (QED) is 0.402. The molecule has 0 aliphatic carbocycles. The first kappa shape index (κ1) is 14.7. The summed E-state index contributed by atoms with van der Waals surface area (Å²) in [6.07, 6.45) is -0.599. The number of rotatable bonds is 1. The predicted molar refractivity (Wildman–Crippen MR) is 64.2 cm³/mol. The zero-order chi connectivity index (χ0) is 14.1. The Kier molecular flexibility index (Phi) is 3.87. The summed E-state index contributed by atoms with van der Waals surface area (Å²) in [5, 5.41) is 0. The van der Waals surface area contributed by atoms with Gasteiger partial charge in [0.15, 0.2) is 0 Å². The van der Waals surface area contributed by atoms with E-state index in [-0.39, 0.29) is 6.61 Å². The van der Waals surface area contributed by atoms with Crippen molar-refractivity contribution in [3.05, 3.63) is 0 Å². The minimum Gasteiger partial charge on any atom is -0.444 e. The molecule has 1 rings (SSSR count). The molecular formula is C11H21N3O4. The summed E-state index contributed by atoms with van der Waals surface area (Å²) in [6, 6.07) is -0.778. The number of hydrogen-bond donors (Lipinski definition) is 2. The smallest absolute Gasteiger partial charge is 0.413 e. The van der Waals surface area contributed by atoms with Gasteiger partial charge in [0.2, 0.25) is 0 Å². The van der Waals surface area contributed by atoms with Gasteiger partial charge >= 0.3 is 6.09 Å². The molecule has 7 heteroatoms. The normalized spacial score (nSPS) is 22.8. The summed E-state index contributed by atoms with van der Waals surface area (Å²) in [5.41, 5.74) is 0.481. The molecule has 1 unspecified atom stereocenters. The average Bonchev–Trinajstić information content (AvgIpc) is 2.50. The van der Waals surface area contributed by atoms with E-state index in [4.69, 9.17) is 15.3 Å². The van der Waals surface area contributed by atoms with Crippen LogP contribution in [0.1, 0.15) is 34.6 Å². The topological polar surface area (TPSA) is 93.9 Å². The minimum atomic E-state index is -0.903. The lowest BCUT2D eigenvalue weighted by atomic mass is 10.2. The van der Waals surface area contributed by atoms with E-state index in [2.05, 4.69) is 0 Å². The third-order valence-electron chi connectivity index (χ3n) is 2.52. The van der Waals surface area contributed by atoms with Crippen molar-refractivity contribution in [3.63, 3.8) is 0 Å². The van der Waals surface area contributed by atoms with E-state index in [1.807, 2.05) is 5.43 Å². The second-order valence-corrected chi connectivity index (χ2v) is 5.63. The number of hydrazine groups is 1. The number of nitrogens with zero attached hydrogens (tertiary/aromatic N) is 1. The number of nitrogens with one attached hydrogen (secondary N) is 1. The maximum Gasteiger partial charge on any atom is 0.413 e. The summed E-state index contributed by atoms with van der Waals surface area (Å²) in [6.45, 7) is 8.75. The van der Waals surface area contributed by atoms with E-state index in [9.17, 15) is 9.59 Å². The van der Waals surface area contributed by atoms with Crippen molar-refractivity contribution in [2.75, 3.05) is 6.61 Å². The SMILES string of the molecule is CC(C)(C)OC(=O)N1C(C(=O)NN)COC1(C)C. The Labute approximate surface area is 107 Å². The van der Waals surface area contributed by atoms with Gasteiger partial charge in [0.1, 0.15) is 17.4 Å². The van der Waals surface area contributed by atoms with Crippen molar-refractivity contribution in [3.8, 4) is 0 Å². The van der Waals surface area contributed by atoms with E-state index in [1.165, 1.54) is 4.90 Å². The molecule has 3 N–H and O–H groups in total. The Balaban J connectivity index is 2.92. The van der Waals surface area contributed by atoms with Crippen molar-refractivity contribution in [2.24, 2.45) is 5.84 Å². The molecule has 0 aromatic heterocycles. The third kappa shape index (κ3) is 3.11. The molecule has 0 radical (unpaired) electrons. The second-order valence-electron chi connectivity index (χ2n) is 5.63. The lowest BCUT2D eigenvalue weighted by molar-refractivity contribution is -0.126. The number of ether oxygens (including phenoxy) is 2. The summed E-state index contributed by atoms with van der Waals surface area (Å²) in [4.78, 5) is 25.0. The summed E-state index contributed by atoms with van der Waals surface area (Å²) in [5.74, 6) is 4.62. The van der Waals surface area contributed by atoms with Gasteiger partial charge in [0.05, 0.1) is 6.61 Å². The van der Waals surface area contributed by atoms with Crippen LogP contribution in [0.5, 0.6) is 0 Å². The third-order valence-corrected chi connectivity index (χ3v) is 2.52. The van der Waals surface area contributed by atoms with Crippen molar-refractivity contribution >= 4 is 12.0 Å². The number of carbonyl (C=O) groups is 2. The molecule has 18 heavy (non-hydrogen) atoms. The van der Waals surface area contributed by atoms with Crippen LogP contribution in [-0.4, -0.2) is 40.9 Å². The fourth-order valence-corrected chi connectivity index (χ4v) is 1.75. The van der Waals surface area contributed by atoms with Crippen molar-refractivity contribution in [2.45, 2.75) is 52.0 Å². The second kappa shape index (κ2) is 4.74. The first-order valence-electron chi connectivity index (χ1n) is 5.75. The van der Waals surface area contributed by atoms with Crippen LogP contribution >= 0.6 is 0 Å². The highest BCUT2D eigenvalue weighted by Crippen LogP contribution is 2.29. The molecule has 0 saturated carbocycles. The van der Waals surface area contributed by atoms with E-state index in [0.29, 0.717) is 0 Å². The Morgan fingerprint density at radius 1 is 1.44 bits per heavy atom. The molecule has 1 atom stereocenters. The number of amides is 2. The maximum absolute atomic E-state index is 12.1. The molecule has 104 valence electrons. The number of hydrogen-bond acceptors (Lipinski definition) is 5. The van der Waals surface area contributed by atoms with Crippen LogP contribution in [0.4, 0.5) is 4.79 Å². The maximum atomic E-state index is 12.1. The zero-order valence-corrected chi connectivity index (χ0v) is 11.4. The van der Waals surface area contributed by atoms with E-state index in [0.717, 1.165) is 0 Å². The monoisotopic (exact) mass is 259 g/mol. The van der Waals surface area contributed by atoms with E-state index in [1.54, 1.807) is 34.6 Å². The minimum absolute atomic E-state index is 0.0925. The Hall–Kier alpha value is -1.34. The van der Waals surface area contributed by atoms with Gasteiger partial charge in [-0.15, -0.1) is 0 Å². The molecule has 7 nitrogen and oxygen atoms in total. The average molecular weight is 259 g/mol. The molecule has 1 fully saturated rings. The predicted octanol–water partition coefficient (Wildman–Crippen LogP) is 0.348. The van der Waals surface area contributed by atoms with Gasteiger partial charge in [0.25, 0.3) is 5.91 Å². The van der Waals surface area contributed by atoms with Gasteiger partial charge in [-0.3, -0.25) is 15.1 Å². The summed E-state index contributed by atoms with van der Waals surface area (Å²) >= 11 is 0. The highest BCUT2D eigenvalue weighted by atomic mass is 16.6. The van der Waals surface area contributed by atoms with Gasteiger partial charge in [-0.25, -0.2) is 10.6 Å². The molecule has 2 amide bonds. The molecule has 0 spiro atoms. The van der Waals surface area contributed by atoms with Crippen molar-refractivity contribution < 1.29 is 19.1 Å². The van der Waals surface area contributed by atoms with Crippen molar-refractivity contribution in [1.29, 1.82) is 0 Å². The summed E-state index contributed by atoms with van der Waals surface area (Å²) in [7, 11) is 0. The Morgan fingerprint density at radius 2 is 2.00 bits per heavy atom. The van der Waals surface area contributed by atoms with Gasteiger partial charge in [-0.05, 0) is 34.6 Å². The van der Waals surface area contributed by atoms with Crippen LogP contribution in [0.3, 0.4) is 0 Å². The van der Waals surface area contributed by atoms with Crippen LogP contribution in [0.2, 0.25) is 0 Å². The van der Waals surface area contributed by atoms with Crippen LogP contribution < -0.4 is 11.3 Å². The molecule has 1 aliphatic heterocycles. The molecular weight excluding hydrogens is 238 g/mol. The van der Waals surface area contributed by atoms with Crippen LogP contribution in [0, 0.1) is 0 Å². The molecule has 0 bridgehead atoms. The van der Waals surface area contributed by atoms with Gasteiger partial charge in [-0.1, -0.05) is 0 Å². The highest BCUT2D eigenvalue weighted by molar-refractivity contribution is 5.86. The Morgan fingerprint density at radius 3 is 2.44 bits per heavy atom. The number of carbonyl (C=O) groups excluding carboxylic acids is 2. The first-order valence-corrected chi connectivity index (χ1v) is 5.75. The number of nitrogens with two attached hydrogens (primary N) is 1. The molecule has 0 aromatic carbocycles. The molecule has 0 aromatic rings. The van der Waals surface area contributed by atoms with E-state index >= 15 is 0 Å². The van der Waals surface area contributed by atoms with Crippen LogP contribution in [0.15, 0.2) is 0 Å². The van der Waals surface area contributed by atoms with Crippen molar-refractivity contribution in [1.82, 2.24) is 10.3 Å². The van der Waals surface area contributed by atoms with Gasteiger partial charge in [-0.2, -0.15) is 0 Å². The van der Waals surface area contributed by atoms with E-state index < -0.39 is 29.4 Å². The highest BCUT2D eigenvalue weighted by Gasteiger charge is 2.48. The fourth-order valence-electron chi connectivity index (χ4n) is 1.75. The first-order chi connectivity index (χ1) is 8.08. The fraction of sp³-hybridized carbons (Fsp3) is 0.818. The zero-order valence-electron chi connectivity index (χ0n) is 11.4. The molecule has 1 aliphatic rings. The standard InChI is InChI=1S/C11H21N3O4/c1-10(2,3)18-9(16)14-7(8(15)13-12)6-17-11(14,4)5/h7H,6,12H2,1-5H3,(H,13,15). The van der Waals surface area contributed by atoms with Crippen LogP contribution in [0.25, 0.3) is 0 Å². The van der Waals surface area contributed by atoms with Gasteiger partial charge < -0.3 is 9.47 Å². The van der Waals surface area contributed by atoms with Gasteiger partial charge in [0, 0.05) is 0 Å². The lowest BCUT2D eigenvalue weighted by Gasteiger charge is -2.34. The summed E-state index contributed by atoms with van der Waals surface area (Å²) < 4.78 is 10.7. The largest absolute Gasteiger partial charge is 0.444 e. The lowest BCUT2D eigenvalue weighted by Crippen LogP contribution is -2.55. The molecule has 1 saturated heterocycles. The Bertz CT molecular complexity index is 349. The van der Waals surface area contributed by atoms with Crippen LogP contribution in [-0.2, 0) is 14.3 Å². The molecule has 1 heterocycles.